The van der Waals surface area contributed by atoms with Gasteiger partial charge in [0.25, 0.3) is 0 Å². The Balaban J connectivity index is 1.74. The summed E-state index contributed by atoms with van der Waals surface area (Å²) in [6, 6.07) is 6.65. The van der Waals surface area contributed by atoms with Crippen molar-refractivity contribution in [2.75, 3.05) is 19.9 Å². The third-order valence-corrected chi connectivity index (χ3v) is 7.59. The van der Waals surface area contributed by atoms with Crippen LogP contribution < -0.4 is 5.32 Å². The highest BCUT2D eigenvalue weighted by Crippen LogP contribution is 2.33. The molecular weight excluding hydrogens is 488 g/mol. The van der Waals surface area contributed by atoms with Crippen molar-refractivity contribution in [3.05, 3.63) is 29.5 Å². The molecule has 2 heterocycles. The molecule has 0 aliphatic carbocycles. The highest BCUT2D eigenvalue weighted by molar-refractivity contribution is 6.76. The molecule has 37 heavy (non-hydrogen) atoms. The van der Waals surface area contributed by atoms with Gasteiger partial charge in [-0.05, 0) is 51.4 Å². The van der Waals surface area contributed by atoms with Crippen LogP contribution in [0.1, 0.15) is 50.8 Å². The number of hydrogen-bond acceptors (Lipinski definition) is 6. The molecule has 10 heteroatoms. The zero-order valence-electron chi connectivity index (χ0n) is 22.9. The lowest BCUT2D eigenvalue weighted by molar-refractivity contribution is -0.155. The highest BCUT2D eigenvalue weighted by Gasteiger charge is 2.37. The molecule has 1 aliphatic rings. The molecule has 0 radical (unpaired) electrons. The van der Waals surface area contributed by atoms with E-state index >= 15 is 0 Å². The van der Waals surface area contributed by atoms with Crippen LogP contribution in [0.3, 0.4) is 0 Å². The Bertz CT molecular complexity index is 1230. The molecule has 0 spiro atoms. The van der Waals surface area contributed by atoms with Crippen LogP contribution in [0.5, 0.6) is 0 Å². The number of benzene rings is 1. The lowest BCUT2D eigenvalue weighted by Gasteiger charge is -2.30. The second-order valence-electron chi connectivity index (χ2n) is 11.5. The molecule has 0 bridgehead atoms. The highest BCUT2D eigenvalue weighted by atomic mass is 28.3. The summed E-state index contributed by atoms with van der Waals surface area (Å²) in [5.41, 5.74) is 1.67. The van der Waals surface area contributed by atoms with Crippen LogP contribution in [0.25, 0.3) is 10.9 Å². The summed E-state index contributed by atoms with van der Waals surface area (Å²) in [4.78, 5) is 38.9. The van der Waals surface area contributed by atoms with Crippen LogP contribution >= 0.6 is 0 Å². The molecule has 1 atom stereocenters. The monoisotopic (exact) mass is 526 g/mol. The third kappa shape index (κ3) is 7.91. The van der Waals surface area contributed by atoms with E-state index in [0.717, 1.165) is 22.5 Å². The van der Waals surface area contributed by atoms with Gasteiger partial charge >= 0.3 is 6.09 Å². The van der Waals surface area contributed by atoms with E-state index in [1.807, 2.05) is 25.2 Å². The summed E-state index contributed by atoms with van der Waals surface area (Å²) < 4.78 is 12.7. The first kappa shape index (κ1) is 28.4. The molecule has 1 N–H and O–H groups in total. The predicted octanol–water partition coefficient (Wildman–Crippen LogP) is 3.99. The Morgan fingerprint density at radius 1 is 1.24 bits per heavy atom. The third-order valence-electron chi connectivity index (χ3n) is 5.89. The number of aryl methyl sites for hydroxylation is 1. The Labute approximate surface area is 219 Å². The number of rotatable bonds is 7. The molecule has 3 rings (SSSR count). The molecule has 2 aromatic rings. The van der Waals surface area contributed by atoms with Gasteiger partial charge in [0.05, 0.1) is 23.7 Å². The number of likely N-dealkylation sites (tertiary alicyclic amines) is 1. The Morgan fingerprint density at radius 3 is 2.65 bits per heavy atom. The van der Waals surface area contributed by atoms with Crippen molar-refractivity contribution >= 4 is 36.9 Å². The fourth-order valence-corrected chi connectivity index (χ4v) is 4.72. The lowest BCUT2D eigenvalue weighted by atomic mass is 9.91. The number of piperidine rings is 1. The first-order valence-electron chi connectivity index (χ1n) is 12.6. The molecule has 0 saturated carbocycles. The zero-order valence-corrected chi connectivity index (χ0v) is 23.9. The van der Waals surface area contributed by atoms with E-state index in [2.05, 4.69) is 41.9 Å². The van der Waals surface area contributed by atoms with E-state index in [1.54, 1.807) is 25.5 Å². The van der Waals surface area contributed by atoms with Gasteiger partial charge in [-0.2, -0.15) is 5.10 Å². The second-order valence-corrected chi connectivity index (χ2v) is 17.1. The van der Waals surface area contributed by atoms with Gasteiger partial charge in [-0.3, -0.25) is 19.2 Å². The Hall–Kier alpha value is -3.16. The summed E-state index contributed by atoms with van der Waals surface area (Å²) in [6.45, 7) is 12.8. The van der Waals surface area contributed by atoms with E-state index in [0.29, 0.717) is 18.7 Å². The molecule has 1 aliphatic heterocycles. The molecule has 200 valence electrons. The number of ether oxygens (including phenoxy) is 2. The maximum absolute atomic E-state index is 13.3. The number of aromatic nitrogens is 2. The number of imide groups is 1. The molecule has 1 aromatic heterocycles. The number of hydrogen-bond donors (Lipinski definition) is 1. The van der Waals surface area contributed by atoms with Gasteiger partial charge in [-0.15, -0.1) is 0 Å². The Kier molecular flexibility index (Phi) is 8.82. The quantitative estimate of drug-likeness (QED) is 0.253. The van der Waals surface area contributed by atoms with Gasteiger partial charge in [0.15, 0.2) is 0 Å². The topological polar surface area (TPSA) is 103 Å². The molecule has 1 fully saturated rings. The number of nitrogens with zero attached hydrogens (tertiary/aromatic N) is 3. The normalized spacial score (nSPS) is 16.5. The van der Waals surface area contributed by atoms with E-state index < -0.39 is 25.7 Å². The smallest absolute Gasteiger partial charge is 0.408 e. The first-order valence-corrected chi connectivity index (χ1v) is 16.3. The van der Waals surface area contributed by atoms with Gasteiger partial charge in [-0.1, -0.05) is 31.5 Å². The SMILES string of the molecule is Cn1nc(C2CCC(=O)N(COCC[Si](C)(C)C)C2=O)c2cc(C#CCNC(=O)OC(C)(C)C)ccc21. The van der Waals surface area contributed by atoms with Crippen LogP contribution in [0.4, 0.5) is 4.79 Å². The number of fused-ring (bicyclic) bond motifs is 1. The number of amides is 3. The molecule has 1 saturated heterocycles. The van der Waals surface area contributed by atoms with E-state index in [4.69, 9.17) is 9.47 Å². The van der Waals surface area contributed by atoms with Crippen molar-refractivity contribution < 1.29 is 23.9 Å². The van der Waals surface area contributed by atoms with Crippen LogP contribution in [0, 0.1) is 11.8 Å². The summed E-state index contributed by atoms with van der Waals surface area (Å²) in [7, 11) is 0.562. The van der Waals surface area contributed by atoms with Crippen LogP contribution in [0.15, 0.2) is 18.2 Å². The van der Waals surface area contributed by atoms with Crippen molar-refractivity contribution in [1.29, 1.82) is 0 Å². The van der Waals surface area contributed by atoms with Crippen molar-refractivity contribution in [3.63, 3.8) is 0 Å². The second kappa shape index (κ2) is 11.5. The van der Waals surface area contributed by atoms with Crippen LogP contribution in [-0.4, -0.2) is 66.1 Å². The minimum atomic E-state index is -1.27. The van der Waals surface area contributed by atoms with Crippen LogP contribution in [0.2, 0.25) is 25.7 Å². The first-order chi connectivity index (χ1) is 17.2. The predicted molar refractivity (Wildman–Crippen MR) is 145 cm³/mol. The van der Waals surface area contributed by atoms with Gasteiger partial charge in [0.1, 0.15) is 12.3 Å². The summed E-state index contributed by atoms with van der Waals surface area (Å²) in [5.74, 6) is 4.96. The average molecular weight is 527 g/mol. The number of alkyl carbamates (subject to hydrolysis) is 1. The standard InChI is InChI=1S/C27H38N4O5Si/c1-27(2,3)36-26(34)28-14-8-9-19-10-12-22-21(17-19)24(29-30(22)4)20-11-13-23(32)31(25(20)33)18-35-15-16-37(5,6)7/h10,12,17,20H,11,13-16,18H2,1-7H3,(H,28,34). The van der Waals surface area contributed by atoms with Crippen LogP contribution in [-0.2, 0) is 26.1 Å². The van der Waals surface area contributed by atoms with Crippen molar-refractivity contribution in [2.45, 2.75) is 70.8 Å². The number of carbonyl (C=O) groups excluding carboxylic acids is 3. The number of nitrogens with one attached hydrogen (secondary N) is 1. The maximum atomic E-state index is 13.3. The maximum Gasteiger partial charge on any atom is 0.408 e. The van der Waals surface area contributed by atoms with Crippen molar-refractivity contribution in [3.8, 4) is 11.8 Å². The fourth-order valence-electron chi connectivity index (χ4n) is 3.97. The molecule has 1 unspecified atom stereocenters. The summed E-state index contributed by atoms with van der Waals surface area (Å²) in [5, 5.41) is 8.08. The van der Waals surface area contributed by atoms with Crippen molar-refractivity contribution in [2.24, 2.45) is 7.05 Å². The van der Waals surface area contributed by atoms with Gasteiger partial charge in [0.2, 0.25) is 11.8 Å². The van der Waals surface area contributed by atoms with Gasteiger partial charge < -0.3 is 14.8 Å². The lowest BCUT2D eigenvalue weighted by Crippen LogP contribution is -2.45. The molecule has 1 aromatic carbocycles. The fraction of sp³-hybridized carbons (Fsp3) is 0.556. The average Bonchev–Trinajstić information content (AvgIpc) is 3.10. The van der Waals surface area contributed by atoms with E-state index in [-0.39, 0.29) is 31.5 Å². The van der Waals surface area contributed by atoms with Gasteiger partial charge in [-0.25, -0.2) is 4.79 Å². The largest absolute Gasteiger partial charge is 0.444 e. The Morgan fingerprint density at radius 2 is 1.97 bits per heavy atom. The molecule has 3 amide bonds. The summed E-state index contributed by atoms with van der Waals surface area (Å²) >= 11 is 0. The van der Waals surface area contributed by atoms with Crippen molar-refractivity contribution in [1.82, 2.24) is 20.0 Å². The zero-order chi connectivity index (χ0) is 27.4. The van der Waals surface area contributed by atoms with E-state index in [1.165, 1.54) is 4.90 Å². The summed E-state index contributed by atoms with van der Waals surface area (Å²) in [6.07, 6.45) is 0.151. The molecule has 9 nitrogen and oxygen atoms in total. The molecular formula is C27H38N4O5Si. The van der Waals surface area contributed by atoms with Gasteiger partial charge in [0, 0.05) is 39.1 Å². The minimum absolute atomic E-state index is 0.0230. The van der Waals surface area contributed by atoms with E-state index in [9.17, 15) is 14.4 Å². The number of carbonyl (C=O) groups is 3. The minimum Gasteiger partial charge on any atom is -0.444 e.